The minimum Gasteiger partial charge on any atom is -0.493 e. The SMILES string of the molecule is COc1ccc(S[C@H](C)C(=O)Nc2cccc(C(=O)c3ccc(C(C)(C)C)cc3)c2)cc1OC. The number of hydrogen-bond acceptors (Lipinski definition) is 5. The predicted octanol–water partition coefficient (Wildman–Crippen LogP) is 6.35. The van der Waals surface area contributed by atoms with Crippen molar-refractivity contribution >= 4 is 29.1 Å². The minimum absolute atomic E-state index is 0.0252. The Hall–Kier alpha value is -3.25. The molecule has 0 radical (unpaired) electrons. The van der Waals surface area contributed by atoms with E-state index < -0.39 is 0 Å². The molecule has 0 unspecified atom stereocenters. The molecular weight excluding hydrogens is 446 g/mol. The van der Waals surface area contributed by atoms with Crippen LogP contribution in [0.15, 0.2) is 71.6 Å². The van der Waals surface area contributed by atoms with E-state index in [1.807, 2.05) is 49.4 Å². The Morgan fingerprint density at radius 3 is 2.15 bits per heavy atom. The Morgan fingerprint density at radius 2 is 1.53 bits per heavy atom. The second kappa shape index (κ2) is 10.8. The summed E-state index contributed by atoms with van der Waals surface area (Å²) in [6.45, 7) is 8.25. The van der Waals surface area contributed by atoms with Crippen molar-refractivity contribution < 1.29 is 19.1 Å². The van der Waals surface area contributed by atoms with Gasteiger partial charge in [-0.2, -0.15) is 0 Å². The lowest BCUT2D eigenvalue weighted by molar-refractivity contribution is -0.115. The first-order valence-electron chi connectivity index (χ1n) is 11.1. The number of carbonyl (C=O) groups excluding carboxylic acids is 2. The number of nitrogens with one attached hydrogen (secondary N) is 1. The van der Waals surface area contributed by atoms with E-state index in [1.165, 1.54) is 17.3 Å². The number of benzene rings is 3. The first kappa shape index (κ1) is 25.4. The average Bonchev–Trinajstić information content (AvgIpc) is 2.83. The smallest absolute Gasteiger partial charge is 0.237 e. The molecule has 0 fully saturated rings. The predicted molar refractivity (Wildman–Crippen MR) is 139 cm³/mol. The summed E-state index contributed by atoms with van der Waals surface area (Å²) >= 11 is 1.42. The number of hydrogen-bond donors (Lipinski definition) is 1. The molecule has 3 aromatic rings. The van der Waals surface area contributed by atoms with E-state index in [0.29, 0.717) is 28.3 Å². The third kappa shape index (κ3) is 6.20. The summed E-state index contributed by atoms with van der Waals surface area (Å²) in [6.07, 6.45) is 0. The lowest BCUT2D eigenvalue weighted by Crippen LogP contribution is -2.22. The Morgan fingerprint density at radius 1 is 0.853 bits per heavy atom. The minimum atomic E-state index is -0.359. The molecule has 0 aliphatic heterocycles. The fourth-order valence-electron chi connectivity index (χ4n) is 3.42. The highest BCUT2D eigenvalue weighted by molar-refractivity contribution is 8.00. The van der Waals surface area contributed by atoms with Crippen molar-refractivity contribution in [3.05, 3.63) is 83.4 Å². The van der Waals surface area contributed by atoms with Crippen LogP contribution in [0.1, 0.15) is 49.2 Å². The van der Waals surface area contributed by atoms with Crippen LogP contribution in [0.3, 0.4) is 0 Å². The second-order valence-corrected chi connectivity index (χ2v) is 10.4. The van der Waals surface area contributed by atoms with Crippen LogP contribution in [0.4, 0.5) is 5.69 Å². The zero-order valence-electron chi connectivity index (χ0n) is 20.5. The van der Waals surface area contributed by atoms with E-state index in [1.54, 1.807) is 38.5 Å². The molecule has 0 aromatic heterocycles. The van der Waals surface area contributed by atoms with E-state index >= 15 is 0 Å². The maximum atomic E-state index is 13.0. The molecule has 1 N–H and O–H groups in total. The Bertz CT molecular complexity index is 1170. The van der Waals surface area contributed by atoms with Crippen LogP contribution in [0.5, 0.6) is 11.5 Å². The molecule has 0 aliphatic carbocycles. The van der Waals surface area contributed by atoms with Gasteiger partial charge in [0.05, 0.1) is 19.5 Å². The summed E-state index contributed by atoms with van der Waals surface area (Å²) in [6, 6.07) is 20.3. The zero-order valence-corrected chi connectivity index (χ0v) is 21.3. The molecule has 3 aromatic carbocycles. The van der Waals surface area contributed by atoms with Crippen LogP contribution in [0.2, 0.25) is 0 Å². The highest BCUT2D eigenvalue weighted by atomic mass is 32.2. The largest absolute Gasteiger partial charge is 0.493 e. The number of methoxy groups -OCH3 is 2. The first-order valence-corrected chi connectivity index (χ1v) is 11.9. The summed E-state index contributed by atoms with van der Waals surface area (Å²) in [5.41, 5.74) is 2.93. The molecule has 0 saturated heterocycles. The van der Waals surface area contributed by atoms with Crippen LogP contribution in [-0.4, -0.2) is 31.2 Å². The molecule has 0 heterocycles. The molecule has 34 heavy (non-hydrogen) atoms. The third-order valence-electron chi connectivity index (χ3n) is 5.44. The topological polar surface area (TPSA) is 64.6 Å². The zero-order chi connectivity index (χ0) is 24.9. The van der Waals surface area contributed by atoms with E-state index in [0.717, 1.165) is 4.90 Å². The molecule has 0 saturated carbocycles. The van der Waals surface area contributed by atoms with Gasteiger partial charge in [-0.1, -0.05) is 57.2 Å². The van der Waals surface area contributed by atoms with E-state index in [-0.39, 0.29) is 22.4 Å². The monoisotopic (exact) mass is 477 g/mol. The van der Waals surface area contributed by atoms with Gasteiger partial charge < -0.3 is 14.8 Å². The number of carbonyl (C=O) groups is 2. The summed E-state index contributed by atoms with van der Waals surface area (Å²) in [4.78, 5) is 26.7. The second-order valence-electron chi connectivity index (χ2n) is 9.00. The van der Waals surface area contributed by atoms with Gasteiger partial charge in [0.2, 0.25) is 5.91 Å². The van der Waals surface area contributed by atoms with Gasteiger partial charge in [-0.05, 0) is 48.2 Å². The Labute approximate surface area is 205 Å². The van der Waals surface area contributed by atoms with Gasteiger partial charge in [-0.3, -0.25) is 9.59 Å². The number of ketones is 1. The number of anilines is 1. The third-order valence-corrected chi connectivity index (χ3v) is 6.54. The highest BCUT2D eigenvalue weighted by Gasteiger charge is 2.18. The average molecular weight is 478 g/mol. The lowest BCUT2D eigenvalue weighted by Gasteiger charge is -2.19. The number of ether oxygens (including phenoxy) is 2. The molecule has 3 rings (SSSR count). The Balaban J connectivity index is 1.68. The van der Waals surface area contributed by atoms with Crippen molar-refractivity contribution in [2.45, 2.75) is 43.3 Å². The molecule has 1 atom stereocenters. The van der Waals surface area contributed by atoms with Crippen LogP contribution in [-0.2, 0) is 10.2 Å². The van der Waals surface area contributed by atoms with Crippen molar-refractivity contribution in [1.82, 2.24) is 0 Å². The fraction of sp³-hybridized carbons (Fsp3) is 0.286. The van der Waals surface area contributed by atoms with Crippen LogP contribution in [0, 0.1) is 0 Å². The van der Waals surface area contributed by atoms with Crippen molar-refractivity contribution in [2.75, 3.05) is 19.5 Å². The van der Waals surface area contributed by atoms with Crippen LogP contribution in [0.25, 0.3) is 0 Å². The summed E-state index contributed by atoms with van der Waals surface area (Å²) < 4.78 is 10.6. The summed E-state index contributed by atoms with van der Waals surface area (Å²) in [7, 11) is 3.16. The molecule has 5 nitrogen and oxygen atoms in total. The number of amides is 1. The van der Waals surface area contributed by atoms with Crippen LogP contribution < -0.4 is 14.8 Å². The van der Waals surface area contributed by atoms with Gasteiger partial charge in [0, 0.05) is 21.7 Å². The standard InChI is InChI=1S/C28H31NO4S/c1-18(34-23-14-15-24(32-5)25(17-23)33-6)27(31)29-22-9-7-8-20(16-22)26(30)19-10-12-21(13-11-19)28(2,3)4/h7-18H,1-6H3,(H,29,31)/t18-/m1/s1. The van der Waals surface area contributed by atoms with Crippen molar-refractivity contribution in [3.8, 4) is 11.5 Å². The molecule has 0 bridgehead atoms. The van der Waals surface area contributed by atoms with Crippen molar-refractivity contribution in [2.24, 2.45) is 0 Å². The van der Waals surface area contributed by atoms with Crippen molar-refractivity contribution in [1.29, 1.82) is 0 Å². The quantitative estimate of drug-likeness (QED) is 0.302. The summed E-state index contributed by atoms with van der Waals surface area (Å²) in [5, 5.41) is 2.56. The maximum Gasteiger partial charge on any atom is 0.237 e. The molecule has 1 amide bonds. The highest BCUT2D eigenvalue weighted by Crippen LogP contribution is 2.34. The molecule has 0 spiro atoms. The maximum absolute atomic E-state index is 13.0. The Kier molecular flexibility index (Phi) is 8.05. The van der Waals surface area contributed by atoms with Gasteiger partial charge in [0.15, 0.2) is 17.3 Å². The molecular formula is C28H31NO4S. The van der Waals surface area contributed by atoms with Crippen molar-refractivity contribution in [3.63, 3.8) is 0 Å². The molecule has 178 valence electrons. The first-order chi connectivity index (χ1) is 16.1. The van der Waals surface area contributed by atoms with Gasteiger partial charge in [0.25, 0.3) is 0 Å². The van der Waals surface area contributed by atoms with Gasteiger partial charge in [-0.25, -0.2) is 0 Å². The van der Waals surface area contributed by atoms with E-state index in [4.69, 9.17) is 9.47 Å². The number of rotatable bonds is 8. The van der Waals surface area contributed by atoms with Gasteiger partial charge in [0.1, 0.15) is 0 Å². The molecule has 6 heteroatoms. The van der Waals surface area contributed by atoms with Gasteiger partial charge in [-0.15, -0.1) is 11.8 Å². The van der Waals surface area contributed by atoms with E-state index in [2.05, 4.69) is 26.1 Å². The van der Waals surface area contributed by atoms with E-state index in [9.17, 15) is 9.59 Å². The lowest BCUT2D eigenvalue weighted by atomic mass is 9.86. The fourth-order valence-corrected chi connectivity index (χ4v) is 4.31. The summed E-state index contributed by atoms with van der Waals surface area (Å²) in [5.74, 6) is 1.02. The number of thioether (sulfide) groups is 1. The van der Waals surface area contributed by atoms with Gasteiger partial charge >= 0.3 is 0 Å². The molecule has 0 aliphatic rings. The van der Waals surface area contributed by atoms with Crippen LogP contribution >= 0.6 is 11.8 Å². The normalized spacial score (nSPS) is 12.1.